The van der Waals surface area contributed by atoms with Crippen LogP contribution < -0.4 is 18.9 Å². The Labute approximate surface area is 252 Å². The fraction of sp³-hybridized carbons (Fsp3) is 0.167. The molecular formula is C30H21N3O8S2. The van der Waals surface area contributed by atoms with Gasteiger partial charge >= 0.3 is 11.9 Å². The zero-order valence-corrected chi connectivity index (χ0v) is 24.1. The molecule has 2 aliphatic rings. The number of carbonyl (C=O) groups is 2. The smallest absolute Gasteiger partial charge is 0.335 e. The summed E-state index contributed by atoms with van der Waals surface area (Å²) in [7, 11) is 0. The third-order valence-corrected chi connectivity index (χ3v) is 9.23. The van der Waals surface area contributed by atoms with Gasteiger partial charge in [0.1, 0.15) is 26.4 Å². The molecule has 0 aromatic carbocycles. The molecule has 216 valence electrons. The van der Waals surface area contributed by atoms with Crippen LogP contribution in [0.5, 0.6) is 23.0 Å². The Morgan fingerprint density at radius 2 is 1.16 bits per heavy atom. The van der Waals surface area contributed by atoms with Gasteiger partial charge in [0, 0.05) is 17.3 Å². The molecule has 0 radical (unpaired) electrons. The van der Waals surface area contributed by atoms with Gasteiger partial charge in [0.05, 0.1) is 48.5 Å². The molecule has 11 nitrogen and oxygen atoms in total. The maximum absolute atomic E-state index is 12.0. The third kappa shape index (κ3) is 4.81. The molecule has 0 amide bonds. The topological polar surface area (TPSA) is 150 Å². The quantitative estimate of drug-likeness (QED) is 0.235. The van der Waals surface area contributed by atoms with Crippen LogP contribution in [0.1, 0.15) is 25.6 Å². The highest BCUT2D eigenvalue weighted by Gasteiger charge is 2.32. The minimum Gasteiger partial charge on any atom is -0.485 e. The second-order valence-corrected chi connectivity index (χ2v) is 11.8. The molecule has 7 rings (SSSR count). The third-order valence-electron chi connectivity index (χ3n) is 6.79. The summed E-state index contributed by atoms with van der Waals surface area (Å²) in [6.45, 7) is 3.76. The van der Waals surface area contributed by atoms with Crippen LogP contribution in [0, 0.1) is 6.92 Å². The average molecular weight is 616 g/mol. The Morgan fingerprint density at radius 3 is 1.81 bits per heavy atom. The molecule has 0 saturated heterocycles. The van der Waals surface area contributed by atoms with Crippen molar-refractivity contribution in [3.05, 3.63) is 64.8 Å². The van der Waals surface area contributed by atoms with Crippen molar-refractivity contribution in [2.75, 3.05) is 26.4 Å². The lowest BCUT2D eigenvalue weighted by Crippen LogP contribution is -2.15. The van der Waals surface area contributed by atoms with Crippen LogP contribution in [-0.4, -0.2) is 63.5 Å². The van der Waals surface area contributed by atoms with Crippen molar-refractivity contribution in [1.82, 2.24) is 15.0 Å². The zero-order chi connectivity index (χ0) is 29.7. The lowest BCUT2D eigenvalue weighted by Gasteiger charge is -2.18. The van der Waals surface area contributed by atoms with E-state index in [1.807, 2.05) is 13.0 Å². The second-order valence-electron chi connectivity index (χ2n) is 9.55. The van der Waals surface area contributed by atoms with Crippen LogP contribution in [0.25, 0.3) is 43.0 Å². The molecule has 0 saturated carbocycles. The standard InChI is InChI=1S/C30H21N3O8S2/c1-14-22-23(39-7-6-38-22)27(42-14)28-25-24(40-8-9-41-25)26(43-28)15-2-4-31-18(10-15)20-12-17(30(36)37)13-21(33-20)19-11-16(29(34)35)3-5-32-19/h2-5,10-13H,6-9H2,1H3,(H,34,35)(H,36,37). The first-order valence-corrected chi connectivity index (χ1v) is 14.7. The summed E-state index contributed by atoms with van der Waals surface area (Å²) in [5, 5.41) is 19.2. The normalized spacial score (nSPS) is 13.5. The van der Waals surface area contributed by atoms with E-state index in [4.69, 9.17) is 18.9 Å². The first-order chi connectivity index (χ1) is 20.9. The van der Waals surface area contributed by atoms with Gasteiger partial charge in [-0.3, -0.25) is 9.97 Å². The highest BCUT2D eigenvalue weighted by atomic mass is 32.1. The predicted molar refractivity (Wildman–Crippen MR) is 158 cm³/mol. The Bertz CT molecular complexity index is 1930. The molecule has 5 aromatic rings. The number of thiophene rings is 2. The number of hydrogen-bond acceptors (Lipinski definition) is 11. The van der Waals surface area contributed by atoms with Crippen LogP contribution in [0.15, 0.2) is 48.8 Å². The molecule has 5 aromatic heterocycles. The fourth-order valence-corrected chi connectivity index (χ4v) is 7.22. The molecule has 2 N–H and O–H groups in total. The highest BCUT2D eigenvalue weighted by molar-refractivity contribution is 7.25. The van der Waals surface area contributed by atoms with Crippen molar-refractivity contribution in [1.29, 1.82) is 0 Å². The molecule has 0 fully saturated rings. The van der Waals surface area contributed by atoms with E-state index in [1.165, 1.54) is 41.8 Å². The number of ether oxygens (including phenoxy) is 4. The Morgan fingerprint density at radius 1 is 0.651 bits per heavy atom. The van der Waals surface area contributed by atoms with E-state index >= 15 is 0 Å². The van der Waals surface area contributed by atoms with Gasteiger partial charge in [-0.05, 0) is 48.9 Å². The predicted octanol–water partition coefficient (Wildman–Crippen LogP) is 5.91. The molecule has 0 unspecified atom stereocenters. The first kappa shape index (κ1) is 26.9. The Hall–Kier alpha value is -5.01. The van der Waals surface area contributed by atoms with Gasteiger partial charge in [0.15, 0.2) is 23.0 Å². The van der Waals surface area contributed by atoms with Crippen molar-refractivity contribution in [2.24, 2.45) is 0 Å². The van der Waals surface area contributed by atoms with Gasteiger partial charge in [-0.2, -0.15) is 0 Å². The van der Waals surface area contributed by atoms with E-state index in [0.717, 1.165) is 30.8 Å². The van der Waals surface area contributed by atoms with E-state index in [1.54, 1.807) is 23.6 Å². The number of aryl methyl sites for hydroxylation is 1. The number of pyridine rings is 3. The number of aromatic carboxylic acids is 2. The van der Waals surface area contributed by atoms with Crippen molar-refractivity contribution in [3.63, 3.8) is 0 Å². The van der Waals surface area contributed by atoms with E-state index in [9.17, 15) is 19.8 Å². The summed E-state index contributed by atoms with van der Waals surface area (Å²) in [6, 6.07) is 9.12. The molecule has 0 atom stereocenters. The van der Waals surface area contributed by atoms with E-state index in [-0.39, 0.29) is 28.2 Å². The second kappa shape index (κ2) is 10.7. The van der Waals surface area contributed by atoms with Crippen molar-refractivity contribution < 1.29 is 38.7 Å². The Balaban J connectivity index is 1.34. The summed E-state index contributed by atoms with van der Waals surface area (Å²) in [5.74, 6) is 0.412. The minimum atomic E-state index is -1.17. The maximum atomic E-state index is 12.0. The number of hydrogen-bond donors (Lipinski definition) is 2. The number of carboxylic acids is 2. The lowest BCUT2D eigenvalue weighted by molar-refractivity contribution is 0.0686. The summed E-state index contributed by atoms with van der Waals surface area (Å²) in [6.07, 6.45) is 2.96. The van der Waals surface area contributed by atoms with Gasteiger partial charge in [-0.15, -0.1) is 22.7 Å². The fourth-order valence-electron chi connectivity index (χ4n) is 4.87. The molecule has 0 bridgehead atoms. The van der Waals surface area contributed by atoms with Gasteiger partial charge in [0.2, 0.25) is 0 Å². The lowest BCUT2D eigenvalue weighted by atomic mass is 10.1. The number of nitrogens with zero attached hydrogens (tertiary/aromatic N) is 3. The summed E-state index contributed by atoms with van der Waals surface area (Å²) >= 11 is 3.08. The van der Waals surface area contributed by atoms with Crippen LogP contribution >= 0.6 is 22.7 Å². The summed E-state index contributed by atoms with van der Waals surface area (Å²) in [5.41, 5.74) is 1.88. The zero-order valence-electron chi connectivity index (χ0n) is 22.4. The Kier molecular flexibility index (Phi) is 6.67. The monoisotopic (exact) mass is 615 g/mol. The van der Waals surface area contributed by atoms with Crippen LogP contribution in [0.2, 0.25) is 0 Å². The number of aromatic nitrogens is 3. The van der Waals surface area contributed by atoms with Gasteiger partial charge < -0.3 is 29.2 Å². The van der Waals surface area contributed by atoms with E-state index < -0.39 is 11.9 Å². The van der Waals surface area contributed by atoms with E-state index in [2.05, 4.69) is 15.0 Å². The molecule has 43 heavy (non-hydrogen) atoms. The summed E-state index contributed by atoms with van der Waals surface area (Å²) < 4.78 is 24.1. The van der Waals surface area contributed by atoms with Crippen molar-refractivity contribution >= 4 is 34.6 Å². The van der Waals surface area contributed by atoms with Crippen LogP contribution in [-0.2, 0) is 0 Å². The van der Waals surface area contributed by atoms with Crippen molar-refractivity contribution in [2.45, 2.75) is 6.92 Å². The average Bonchev–Trinajstić information content (AvgIpc) is 3.59. The number of carboxylic acid groups (broad SMARTS) is 2. The largest absolute Gasteiger partial charge is 0.485 e. The number of rotatable bonds is 6. The number of fused-ring (bicyclic) bond motifs is 2. The SMILES string of the molecule is Cc1sc(-c2sc(-c3ccnc(-c4cc(C(=O)O)cc(-c5cc(C(=O)O)ccn5)n4)c3)c3c2OCCO3)c2c1OCCO2. The molecule has 13 heteroatoms. The molecular weight excluding hydrogens is 594 g/mol. The van der Waals surface area contributed by atoms with Crippen LogP contribution in [0.3, 0.4) is 0 Å². The first-order valence-electron chi connectivity index (χ1n) is 13.1. The van der Waals surface area contributed by atoms with Gasteiger partial charge in [-0.25, -0.2) is 14.6 Å². The van der Waals surface area contributed by atoms with Gasteiger partial charge in [0.25, 0.3) is 0 Å². The molecule has 0 aliphatic carbocycles. The van der Waals surface area contributed by atoms with Crippen molar-refractivity contribution in [3.8, 4) is 66.0 Å². The van der Waals surface area contributed by atoms with E-state index in [0.29, 0.717) is 49.4 Å². The maximum Gasteiger partial charge on any atom is 0.335 e. The molecule has 2 aliphatic heterocycles. The minimum absolute atomic E-state index is 0.00820. The van der Waals surface area contributed by atoms with Crippen LogP contribution in [0.4, 0.5) is 0 Å². The summed E-state index contributed by atoms with van der Waals surface area (Å²) in [4.78, 5) is 40.5. The highest BCUT2D eigenvalue weighted by Crippen LogP contribution is 2.59. The van der Waals surface area contributed by atoms with Gasteiger partial charge in [-0.1, -0.05) is 0 Å². The molecule has 0 spiro atoms. The molecule has 7 heterocycles.